The smallest absolute Gasteiger partial charge is 0.419 e. The third kappa shape index (κ3) is 20.1. The minimum Gasteiger partial charge on any atom is -0.444 e. The van der Waals surface area contributed by atoms with E-state index in [2.05, 4.69) is 35.9 Å². The first-order chi connectivity index (χ1) is 49.3. The lowest BCUT2D eigenvalue weighted by molar-refractivity contribution is -0.191. The lowest BCUT2D eigenvalue weighted by atomic mass is 9.86. The maximum absolute atomic E-state index is 14.0. The molecule has 3 aromatic carbocycles. The third-order valence-electron chi connectivity index (χ3n) is 17.7. The van der Waals surface area contributed by atoms with Gasteiger partial charge in [0.15, 0.2) is 46.3 Å². The molecule has 3 saturated heterocycles. The summed E-state index contributed by atoms with van der Waals surface area (Å²) in [6, 6.07) is 5.07. The molecule has 0 bridgehead atoms. The summed E-state index contributed by atoms with van der Waals surface area (Å²) in [4.78, 5) is 85.7. The molecule has 4 N–H and O–H groups in total. The molecule has 37 heteroatoms. The normalized spacial score (nSPS) is 16.5. The van der Waals surface area contributed by atoms with Crippen molar-refractivity contribution in [1.29, 1.82) is 0 Å². The molecule has 12 rings (SSSR count). The maximum Gasteiger partial charge on any atom is 0.419 e. The molecule has 0 aliphatic carbocycles. The Morgan fingerprint density at radius 3 is 1.11 bits per heavy atom. The Bertz CT molecular complexity index is 4180. The second-order valence-electron chi connectivity index (χ2n) is 28.6. The van der Waals surface area contributed by atoms with Gasteiger partial charge in [-0.05, 0) is 153 Å². The van der Waals surface area contributed by atoms with Crippen LogP contribution in [0.15, 0.2) is 42.6 Å². The number of aromatic nitrogens is 6. The van der Waals surface area contributed by atoms with Gasteiger partial charge in [0.25, 0.3) is 11.8 Å². The van der Waals surface area contributed by atoms with E-state index in [1.165, 1.54) is 14.7 Å². The topological polar surface area (TPSA) is 261 Å². The zero-order chi connectivity index (χ0) is 78.5. The Kier molecular flexibility index (Phi) is 25.2. The quantitative estimate of drug-likeness (QED) is 0.0924. The van der Waals surface area contributed by atoms with E-state index >= 15 is 0 Å². The molecule has 0 saturated carbocycles. The summed E-state index contributed by atoms with van der Waals surface area (Å²) in [6.45, 7) is 19.7. The molecular formula is C69H77F15N12O10. The van der Waals surface area contributed by atoms with Gasteiger partial charge in [0, 0.05) is 69.0 Å². The highest BCUT2D eigenvalue weighted by atomic mass is 19.4. The number of likely N-dealkylation sites (tertiary alicyclic amines) is 3. The van der Waals surface area contributed by atoms with E-state index in [-0.39, 0.29) is 131 Å². The van der Waals surface area contributed by atoms with Crippen LogP contribution in [0.3, 0.4) is 0 Å². The van der Waals surface area contributed by atoms with Crippen LogP contribution in [0.5, 0.6) is 0 Å². The molecular weight excluding hydrogens is 1440 g/mol. The van der Waals surface area contributed by atoms with Crippen molar-refractivity contribution in [3.05, 3.63) is 156 Å². The van der Waals surface area contributed by atoms with Gasteiger partial charge in [-0.15, -0.1) is 0 Å². The van der Waals surface area contributed by atoms with E-state index in [0.29, 0.717) is 55.3 Å². The van der Waals surface area contributed by atoms with Crippen LogP contribution in [0, 0.1) is 34.9 Å². The minimum atomic E-state index is -5.04. The number of rotatable bonds is 5. The van der Waals surface area contributed by atoms with Gasteiger partial charge in [-0.25, -0.2) is 40.7 Å². The fraction of sp³-hybridized carbons (Fsp3) is 0.522. The predicted molar refractivity (Wildman–Crippen MR) is 342 cm³/mol. The summed E-state index contributed by atoms with van der Waals surface area (Å²) in [6.07, 6.45) is -13.2. The minimum absolute atomic E-state index is 0.122. The SMILES string of the molecule is CC(C)(C)OC(=O)N1CCC(c2ccc(F)c(F)c2C(F)(F)F)CC1.CC(C)(C)OC(=O)N1Cc2[nH]nc(C(=O)N3CCC(c4ccc(F)c(F)c4C(F)(F)F)CC3)c2C1.CC(C)(C)OC(=O)N1Cc2cn[nH]c2C1.O=C(c1n[nH]c2c1CNC2)N1CCC(c2ccc(F)c(F)c2C(F)(F)F)CC1.O=C=O. The molecule has 6 aliphatic heterocycles. The Labute approximate surface area is 597 Å². The Hall–Kier alpha value is -9.67. The summed E-state index contributed by atoms with van der Waals surface area (Å²) in [7, 11) is 0. The number of H-pyrrole nitrogens is 3. The number of aromatic amines is 3. The molecule has 22 nitrogen and oxygen atoms in total. The maximum atomic E-state index is 14.0. The van der Waals surface area contributed by atoms with Crippen LogP contribution in [-0.2, 0) is 81.6 Å². The first-order valence-corrected chi connectivity index (χ1v) is 33.3. The molecule has 6 aromatic rings. The van der Waals surface area contributed by atoms with Crippen molar-refractivity contribution >= 4 is 36.2 Å². The van der Waals surface area contributed by atoms with Crippen LogP contribution in [0.1, 0.15) is 207 Å². The number of alkyl halides is 9. The summed E-state index contributed by atoms with van der Waals surface area (Å²) < 4.78 is 217. The van der Waals surface area contributed by atoms with Gasteiger partial charge < -0.3 is 34.2 Å². The molecule has 0 spiro atoms. The third-order valence-corrected chi connectivity index (χ3v) is 17.7. The Balaban J connectivity index is 0.000000182. The highest BCUT2D eigenvalue weighted by molar-refractivity contribution is 5.95. The zero-order valence-corrected chi connectivity index (χ0v) is 58.8. The largest absolute Gasteiger partial charge is 0.444 e. The van der Waals surface area contributed by atoms with Crippen LogP contribution >= 0.6 is 0 Å². The number of ether oxygens (including phenoxy) is 3. The summed E-state index contributed by atoms with van der Waals surface area (Å²) >= 11 is 0. The molecule has 0 radical (unpaired) electrons. The molecule has 6 aliphatic rings. The van der Waals surface area contributed by atoms with Crippen LogP contribution in [0.4, 0.5) is 80.2 Å². The van der Waals surface area contributed by atoms with Crippen LogP contribution < -0.4 is 5.32 Å². The number of carbonyl (C=O) groups excluding carboxylic acids is 7. The Morgan fingerprint density at radius 2 is 0.755 bits per heavy atom. The van der Waals surface area contributed by atoms with E-state index in [1.807, 2.05) is 20.8 Å². The number of carbonyl (C=O) groups is 5. The van der Waals surface area contributed by atoms with Gasteiger partial charge in [-0.1, -0.05) is 18.2 Å². The summed E-state index contributed by atoms with van der Waals surface area (Å²) in [5.74, 6) is -12.8. The molecule has 0 unspecified atom stereocenters. The van der Waals surface area contributed by atoms with Gasteiger partial charge in [0.1, 0.15) is 16.8 Å². The lowest BCUT2D eigenvalue weighted by Crippen LogP contribution is -2.41. The molecule has 578 valence electrons. The molecule has 5 amide bonds. The van der Waals surface area contributed by atoms with Crippen molar-refractivity contribution in [2.24, 2.45) is 0 Å². The molecule has 0 atom stereocenters. The van der Waals surface area contributed by atoms with Crippen molar-refractivity contribution in [2.45, 2.75) is 193 Å². The van der Waals surface area contributed by atoms with E-state index in [4.69, 9.17) is 23.8 Å². The van der Waals surface area contributed by atoms with Crippen molar-refractivity contribution in [3.63, 3.8) is 0 Å². The summed E-state index contributed by atoms with van der Waals surface area (Å²) in [5, 5.41) is 23.6. The lowest BCUT2D eigenvalue weighted by Gasteiger charge is -2.34. The molecule has 106 heavy (non-hydrogen) atoms. The number of halogens is 15. The number of piperidine rings is 3. The second kappa shape index (κ2) is 32.6. The zero-order valence-electron chi connectivity index (χ0n) is 58.8. The van der Waals surface area contributed by atoms with E-state index < -0.39 is 123 Å². The van der Waals surface area contributed by atoms with Crippen LogP contribution in [0.25, 0.3) is 0 Å². The highest BCUT2D eigenvalue weighted by Crippen LogP contribution is 2.45. The van der Waals surface area contributed by atoms with Crippen LogP contribution in [-0.4, -0.2) is 147 Å². The van der Waals surface area contributed by atoms with Crippen molar-refractivity contribution < 1.29 is 114 Å². The summed E-state index contributed by atoms with van der Waals surface area (Å²) in [5.41, 5.74) is -1.91. The first kappa shape index (κ1) is 82.0. The van der Waals surface area contributed by atoms with Crippen LogP contribution in [0.2, 0.25) is 0 Å². The number of benzene rings is 3. The van der Waals surface area contributed by atoms with Gasteiger partial charge in [0.2, 0.25) is 0 Å². The number of nitrogens with zero attached hydrogens (tertiary/aromatic N) is 8. The van der Waals surface area contributed by atoms with Gasteiger partial charge in [0.05, 0.1) is 66.1 Å². The van der Waals surface area contributed by atoms with Gasteiger partial charge in [-0.3, -0.25) is 34.7 Å². The monoisotopic (exact) mass is 1520 g/mol. The van der Waals surface area contributed by atoms with Crippen molar-refractivity contribution in [1.82, 2.24) is 60.4 Å². The first-order valence-electron chi connectivity index (χ1n) is 33.3. The number of nitrogens with one attached hydrogen (secondary N) is 4. The predicted octanol–water partition coefficient (Wildman–Crippen LogP) is 14.5. The number of hydrogen-bond donors (Lipinski definition) is 4. The highest BCUT2D eigenvalue weighted by Gasteiger charge is 2.45. The van der Waals surface area contributed by atoms with Gasteiger partial charge >= 0.3 is 43.0 Å². The fourth-order valence-corrected chi connectivity index (χ4v) is 12.9. The second-order valence-corrected chi connectivity index (χ2v) is 28.6. The fourth-order valence-electron chi connectivity index (χ4n) is 12.9. The molecule has 3 fully saturated rings. The molecule has 3 aromatic heterocycles. The van der Waals surface area contributed by atoms with Crippen molar-refractivity contribution in [3.8, 4) is 0 Å². The molecule has 9 heterocycles. The average Bonchev–Trinajstić information content (AvgIpc) is 1.47. The Morgan fingerprint density at radius 1 is 0.425 bits per heavy atom. The van der Waals surface area contributed by atoms with Crippen molar-refractivity contribution in [2.75, 3.05) is 39.3 Å². The van der Waals surface area contributed by atoms with E-state index in [0.717, 1.165) is 46.8 Å². The number of hydrogen-bond acceptors (Lipinski definition) is 14. The van der Waals surface area contributed by atoms with Gasteiger partial charge in [-0.2, -0.15) is 64.4 Å². The standard InChI is InChI=1S/C23H25F5N4O3.C18H17F5N4O.C17H20F5NO2.C10H15N3O2.CO2/c1-22(2,3)35-21(34)32-10-14-16(11-32)29-30-19(14)20(33)31-8-6-12(7-9-31)13-4-5-15(24)18(25)17(13)23(26,27)28;19-12-2-1-10(14(15(12)20)18(21,22)23)9-3-5-27(6-4-9)17(28)16-11-7-24-8-13(11)25-26-16;1-16(2,3)25-15(24)23-8-6-10(7-9-23)11-4-5-12(18)14(19)13(11)17(20,21)22;1-10(2,3)15-9(14)13-5-7-4-11-12-8(7)6-13;2-1-3/h4-5,12H,6-11H2,1-3H3,(H,29,30);1-2,9,24H,3-8H2,(H,25,26);4-5,10H,6-9H2,1-3H3;4H,5-6H2,1-3H3,(H,11,12);. The van der Waals surface area contributed by atoms with E-state index in [1.54, 1.807) is 57.5 Å². The average molecular weight is 1520 g/mol. The van der Waals surface area contributed by atoms with E-state index in [9.17, 15) is 89.8 Å². The number of amides is 5. The number of fused-ring (bicyclic) bond motifs is 3.